The maximum absolute atomic E-state index is 12.3. The molecular weight excluding hydrogens is 398 g/mol. The highest BCUT2D eigenvalue weighted by molar-refractivity contribution is 5.98. The number of aryl methyl sites for hydroxylation is 1. The molecule has 0 unspecified atom stereocenters. The molecule has 1 N–H and O–H groups in total. The van der Waals surface area contributed by atoms with Gasteiger partial charge in [-0.15, -0.1) is 0 Å². The second-order valence-corrected chi connectivity index (χ2v) is 7.26. The molecule has 0 bridgehead atoms. The molecule has 1 aliphatic rings. The van der Waals surface area contributed by atoms with Crippen molar-refractivity contribution in [1.82, 2.24) is 20.4 Å². The van der Waals surface area contributed by atoms with Crippen LogP contribution in [0.2, 0.25) is 0 Å². The van der Waals surface area contributed by atoms with Crippen LogP contribution in [-0.4, -0.2) is 46.6 Å². The molecule has 0 saturated carbocycles. The number of carbonyl (C=O) groups excluding carboxylic acids is 2. The second-order valence-electron chi connectivity index (χ2n) is 7.26. The number of benzene rings is 1. The average molecular weight is 421 g/mol. The predicted octanol–water partition coefficient (Wildman–Crippen LogP) is 2.30. The summed E-state index contributed by atoms with van der Waals surface area (Å²) in [6, 6.07) is 9.33. The van der Waals surface area contributed by atoms with Crippen molar-refractivity contribution in [1.29, 1.82) is 0 Å². The number of rotatable bonds is 8. The van der Waals surface area contributed by atoms with Gasteiger partial charge in [0.2, 0.25) is 5.91 Å². The van der Waals surface area contributed by atoms with Crippen molar-refractivity contribution >= 4 is 17.5 Å². The minimum atomic E-state index is -0.0967. The molecule has 1 aromatic carbocycles. The van der Waals surface area contributed by atoms with Crippen molar-refractivity contribution in [3.63, 3.8) is 0 Å². The summed E-state index contributed by atoms with van der Waals surface area (Å²) in [5.41, 5.74) is 2.61. The molecule has 9 nitrogen and oxygen atoms in total. The molecule has 31 heavy (non-hydrogen) atoms. The third kappa shape index (κ3) is 5.06. The smallest absolute Gasteiger partial charge is 0.265 e. The molecule has 1 aliphatic heterocycles. The maximum atomic E-state index is 12.3. The lowest BCUT2D eigenvalue weighted by molar-refractivity contribution is -0.122. The Kier molecular flexibility index (Phi) is 6.21. The number of hydrogen-bond donors (Lipinski definition) is 1. The number of carbonyl (C=O) groups is 2. The molecule has 9 heteroatoms. The van der Waals surface area contributed by atoms with Crippen LogP contribution < -0.4 is 15.0 Å². The van der Waals surface area contributed by atoms with Gasteiger partial charge in [0.15, 0.2) is 12.4 Å². The van der Waals surface area contributed by atoms with Gasteiger partial charge in [0.25, 0.3) is 11.8 Å². The van der Waals surface area contributed by atoms with Gasteiger partial charge in [-0.2, -0.15) is 4.98 Å². The molecule has 160 valence electrons. The van der Waals surface area contributed by atoms with E-state index >= 15 is 0 Å². The highest BCUT2D eigenvalue weighted by atomic mass is 16.5. The number of aromatic nitrogens is 3. The normalized spacial score (nSPS) is 12.9. The number of pyridine rings is 1. The number of ether oxygens (including phenoxy) is 1. The molecule has 2 aromatic heterocycles. The molecular formula is C22H23N5O4. The summed E-state index contributed by atoms with van der Waals surface area (Å²) in [6.07, 6.45) is 4.65. The van der Waals surface area contributed by atoms with Gasteiger partial charge in [-0.05, 0) is 43.2 Å². The summed E-state index contributed by atoms with van der Waals surface area (Å²) in [6.45, 7) is 2.86. The van der Waals surface area contributed by atoms with E-state index in [1.54, 1.807) is 29.4 Å². The third-order valence-electron chi connectivity index (χ3n) is 4.91. The number of amides is 2. The summed E-state index contributed by atoms with van der Waals surface area (Å²) in [5.74, 6) is 1.47. The Morgan fingerprint density at radius 1 is 1.23 bits per heavy atom. The molecule has 0 saturated heterocycles. The average Bonchev–Trinajstić information content (AvgIpc) is 3.25. The standard InChI is InChI=1S/C22H23N5O4/c1-15-4-5-18-17(13-15)27(21(29)14-30-18)12-2-3-20(28)24-11-8-19-25-22(31-26-19)16-6-9-23-10-7-16/h4-7,9-10,13H,2-3,8,11-12,14H2,1H3,(H,24,28). The zero-order valence-electron chi connectivity index (χ0n) is 17.2. The van der Waals surface area contributed by atoms with Crippen LogP contribution >= 0.6 is 0 Å². The van der Waals surface area contributed by atoms with E-state index in [9.17, 15) is 9.59 Å². The lowest BCUT2D eigenvalue weighted by atomic mass is 10.1. The van der Waals surface area contributed by atoms with E-state index in [1.807, 2.05) is 25.1 Å². The first-order chi connectivity index (χ1) is 15.1. The topological polar surface area (TPSA) is 110 Å². The largest absolute Gasteiger partial charge is 0.482 e. The Balaban J connectivity index is 1.21. The quantitative estimate of drug-likeness (QED) is 0.594. The van der Waals surface area contributed by atoms with E-state index in [0.717, 1.165) is 16.8 Å². The van der Waals surface area contributed by atoms with E-state index in [0.29, 0.717) is 49.8 Å². The van der Waals surface area contributed by atoms with Gasteiger partial charge in [-0.25, -0.2) is 0 Å². The Morgan fingerprint density at radius 3 is 2.90 bits per heavy atom. The Hall–Kier alpha value is -3.75. The molecule has 3 heterocycles. The lowest BCUT2D eigenvalue weighted by Gasteiger charge is -2.29. The second kappa shape index (κ2) is 9.38. The minimum Gasteiger partial charge on any atom is -0.482 e. The van der Waals surface area contributed by atoms with Gasteiger partial charge in [0, 0.05) is 43.9 Å². The molecule has 2 amide bonds. The number of anilines is 1. The minimum absolute atomic E-state index is 0.0223. The fraction of sp³-hybridized carbons (Fsp3) is 0.318. The molecule has 0 spiro atoms. The van der Waals surface area contributed by atoms with Crippen LogP contribution in [0.4, 0.5) is 5.69 Å². The Bertz CT molecular complexity index is 1070. The summed E-state index contributed by atoms with van der Waals surface area (Å²) in [5, 5.41) is 6.79. The zero-order chi connectivity index (χ0) is 21.6. The van der Waals surface area contributed by atoms with Gasteiger partial charge in [-0.3, -0.25) is 14.6 Å². The molecule has 0 atom stereocenters. The molecule has 4 rings (SSSR count). The molecule has 0 radical (unpaired) electrons. The summed E-state index contributed by atoms with van der Waals surface area (Å²) in [4.78, 5) is 34.4. The van der Waals surface area contributed by atoms with Crippen LogP contribution in [-0.2, 0) is 16.0 Å². The first-order valence-electron chi connectivity index (χ1n) is 10.1. The zero-order valence-corrected chi connectivity index (χ0v) is 17.2. The fourth-order valence-electron chi connectivity index (χ4n) is 3.32. The summed E-state index contributed by atoms with van der Waals surface area (Å²) in [7, 11) is 0. The van der Waals surface area contributed by atoms with Gasteiger partial charge >= 0.3 is 0 Å². The van der Waals surface area contributed by atoms with Gasteiger partial charge < -0.3 is 19.5 Å². The van der Waals surface area contributed by atoms with E-state index in [1.165, 1.54) is 0 Å². The van der Waals surface area contributed by atoms with E-state index in [2.05, 4.69) is 20.4 Å². The first-order valence-corrected chi connectivity index (χ1v) is 10.1. The third-order valence-corrected chi connectivity index (χ3v) is 4.91. The highest BCUT2D eigenvalue weighted by Crippen LogP contribution is 2.32. The number of fused-ring (bicyclic) bond motifs is 1. The van der Waals surface area contributed by atoms with E-state index < -0.39 is 0 Å². The van der Waals surface area contributed by atoms with Crippen molar-refractivity contribution in [2.24, 2.45) is 0 Å². The summed E-state index contributed by atoms with van der Waals surface area (Å²) >= 11 is 0. The van der Waals surface area contributed by atoms with Crippen LogP contribution in [0, 0.1) is 6.92 Å². The van der Waals surface area contributed by atoms with Crippen LogP contribution in [0.5, 0.6) is 5.75 Å². The van der Waals surface area contributed by atoms with Crippen LogP contribution in [0.25, 0.3) is 11.5 Å². The maximum Gasteiger partial charge on any atom is 0.265 e. The van der Waals surface area contributed by atoms with Gasteiger partial charge in [0.05, 0.1) is 5.69 Å². The summed E-state index contributed by atoms with van der Waals surface area (Å²) < 4.78 is 10.7. The van der Waals surface area contributed by atoms with Gasteiger partial charge in [-0.1, -0.05) is 11.2 Å². The van der Waals surface area contributed by atoms with Crippen molar-refractivity contribution in [3.05, 3.63) is 54.1 Å². The van der Waals surface area contributed by atoms with Crippen LogP contribution in [0.15, 0.2) is 47.2 Å². The molecule has 0 aliphatic carbocycles. The fourth-order valence-corrected chi connectivity index (χ4v) is 3.32. The SMILES string of the molecule is Cc1ccc2c(c1)N(CCCC(=O)NCCc1noc(-c3ccncc3)n1)C(=O)CO2. The lowest BCUT2D eigenvalue weighted by Crippen LogP contribution is -2.39. The number of nitrogens with one attached hydrogen (secondary N) is 1. The monoisotopic (exact) mass is 421 g/mol. The van der Waals surface area contributed by atoms with Crippen molar-refractivity contribution in [2.45, 2.75) is 26.2 Å². The van der Waals surface area contributed by atoms with Crippen molar-refractivity contribution < 1.29 is 18.8 Å². The molecule has 3 aromatic rings. The van der Waals surface area contributed by atoms with E-state index in [-0.39, 0.29) is 18.4 Å². The highest BCUT2D eigenvalue weighted by Gasteiger charge is 2.25. The number of nitrogens with zero attached hydrogens (tertiary/aromatic N) is 4. The Labute approximate surface area is 179 Å². The number of hydrogen-bond acceptors (Lipinski definition) is 7. The first kappa shape index (κ1) is 20.5. The van der Waals surface area contributed by atoms with Crippen LogP contribution in [0.1, 0.15) is 24.2 Å². The molecule has 0 fully saturated rings. The van der Waals surface area contributed by atoms with Crippen molar-refractivity contribution in [3.8, 4) is 17.2 Å². The van der Waals surface area contributed by atoms with Crippen LogP contribution in [0.3, 0.4) is 0 Å². The van der Waals surface area contributed by atoms with Crippen molar-refractivity contribution in [2.75, 3.05) is 24.6 Å². The van der Waals surface area contributed by atoms with E-state index in [4.69, 9.17) is 9.26 Å². The predicted molar refractivity (Wildman–Crippen MR) is 113 cm³/mol. The Morgan fingerprint density at radius 2 is 2.06 bits per heavy atom. The van der Waals surface area contributed by atoms with Gasteiger partial charge in [0.1, 0.15) is 5.75 Å².